The highest BCUT2D eigenvalue weighted by atomic mass is 32.2. The first-order chi connectivity index (χ1) is 14.4. The second-order valence-corrected chi connectivity index (χ2v) is 8.58. The fraction of sp³-hybridized carbons (Fsp3) is 0.143. The Balaban J connectivity index is 1.50. The zero-order valence-electron chi connectivity index (χ0n) is 16.1. The first kappa shape index (κ1) is 19.7. The van der Waals surface area contributed by atoms with Gasteiger partial charge in [0.2, 0.25) is 16.8 Å². The zero-order chi connectivity index (χ0) is 21.1. The summed E-state index contributed by atoms with van der Waals surface area (Å²) in [5.74, 6) is 0.685. The highest BCUT2D eigenvalue weighted by Gasteiger charge is 2.22. The van der Waals surface area contributed by atoms with Crippen LogP contribution in [-0.2, 0) is 14.8 Å². The lowest BCUT2D eigenvalue weighted by atomic mass is 10.1. The Morgan fingerprint density at radius 1 is 1.10 bits per heavy atom. The van der Waals surface area contributed by atoms with E-state index in [-0.39, 0.29) is 6.79 Å². The van der Waals surface area contributed by atoms with Crippen LogP contribution in [0.2, 0.25) is 0 Å². The molecule has 0 aliphatic carbocycles. The quantitative estimate of drug-likeness (QED) is 0.483. The van der Waals surface area contributed by atoms with Crippen LogP contribution >= 0.6 is 0 Å². The lowest BCUT2D eigenvalue weighted by Crippen LogP contribution is -2.39. The number of hydrogen-bond acceptors (Lipinski definition) is 6. The number of anilines is 1. The zero-order valence-corrected chi connectivity index (χ0v) is 16.9. The van der Waals surface area contributed by atoms with Crippen LogP contribution in [0, 0.1) is 0 Å². The fourth-order valence-corrected chi connectivity index (χ4v) is 4.01. The van der Waals surface area contributed by atoms with Gasteiger partial charge in [-0.3, -0.25) is 9.10 Å². The monoisotopic (exact) mass is 425 g/mol. The Morgan fingerprint density at radius 2 is 1.87 bits per heavy atom. The molecule has 0 saturated heterocycles. The number of carbonyl (C=O) groups excluding carboxylic acids is 1. The van der Waals surface area contributed by atoms with Crippen molar-refractivity contribution in [3.63, 3.8) is 0 Å². The molecule has 1 aliphatic rings. The first-order valence-electron chi connectivity index (χ1n) is 9.09. The van der Waals surface area contributed by atoms with Crippen LogP contribution in [0.25, 0.3) is 10.8 Å². The second-order valence-electron chi connectivity index (χ2n) is 6.67. The molecule has 0 aromatic heterocycles. The summed E-state index contributed by atoms with van der Waals surface area (Å²) in [6.07, 6.45) is 2.51. The lowest BCUT2D eigenvalue weighted by Gasteiger charge is -2.23. The van der Waals surface area contributed by atoms with Crippen molar-refractivity contribution in [1.82, 2.24) is 5.43 Å². The van der Waals surface area contributed by atoms with Gasteiger partial charge in [0.25, 0.3) is 5.91 Å². The number of sulfonamides is 1. The Bertz CT molecular complexity index is 1240. The van der Waals surface area contributed by atoms with Crippen LogP contribution in [0.5, 0.6) is 11.5 Å². The van der Waals surface area contributed by atoms with Crippen LogP contribution in [-0.4, -0.2) is 40.1 Å². The van der Waals surface area contributed by atoms with E-state index in [1.54, 1.807) is 30.3 Å². The summed E-state index contributed by atoms with van der Waals surface area (Å²) in [5.41, 5.74) is 3.51. The molecule has 4 rings (SSSR count). The van der Waals surface area contributed by atoms with Gasteiger partial charge in [0, 0.05) is 5.39 Å². The minimum Gasteiger partial charge on any atom is -0.454 e. The smallest absolute Gasteiger partial charge is 0.260 e. The van der Waals surface area contributed by atoms with Crippen LogP contribution in [0.4, 0.5) is 5.69 Å². The molecule has 1 amide bonds. The number of hydrogen-bond donors (Lipinski definition) is 1. The van der Waals surface area contributed by atoms with E-state index >= 15 is 0 Å². The van der Waals surface area contributed by atoms with Gasteiger partial charge in [-0.15, -0.1) is 0 Å². The van der Waals surface area contributed by atoms with E-state index < -0.39 is 22.5 Å². The van der Waals surface area contributed by atoms with Gasteiger partial charge in [-0.25, -0.2) is 13.8 Å². The van der Waals surface area contributed by atoms with E-state index in [4.69, 9.17) is 9.47 Å². The molecule has 0 unspecified atom stereocenters. The van der Waals surface area contributed by atoms with Crippen LogP contribution < -0.4 is 19.2 Å². The van der Waals surface area contributed by atoms with Gasteiger partial charge in [0.05, 0.1) is 18.2 Å². The van der Waals surface area contributed by atoms with Crippen molar-refractivity contribution in [2.75, 3.05) is 23.9 Å². The van der Waals surface area contributed by atoms with E-state index in [1.165, 1.54) is 6.21 Å². The summed E-state index contributed by atoms with van der Waals surface area (Å²) in [7, 11) is -3.70. The summed E-state index contributed by atoms with van der Waals surface area (Å²) in [4.78, 5) is 12.4. The van der Waals surface area contributed by atoms with Crippen molar-refractivity contribution >= 4 is 38.6 Å². The molecule has 0 saturated carbocycles. The minimum atomic E-state index is -3.70. The Labute approximate surface area is 173 Å². The molecule has 1 N–H and O–H groups in total. The summed E-state index contributed by atoms with van der Waals surface area (Å²) in [6.45, 7) is -0.229. The predicted octanol–water partition coefficient (Wildman–Crippen LogP) is 2.48. The van der Waals surface area contributed by atoms with Crippen molar-refractivity contribution in [3.8, 4) is 11.5 Å². The number of nitrogens with zero attached hydrogens (tertiary/aromatic N) is 2. The van der Waals surface area contributed by atoms with Crippen LogP contribution in [0.3, 0.4) is 0 Å². The number of ether oxygens (including phenoxy) is 2. The molecular formula is C21H19N3O5S. The molecule has 3 aromatic rings. The second kappa shape index (κ2) is 8.03. The largest absolute Gasteiger partial charge is 0.454 e. The molecule has 9 heteroatoms. The molecule has 0 bridgehead atoms. The SMILES string of the molecule is CS(=O)(=O)N(CC(=O)N/N=C\c1ccc2c(c1)OCO2)c1cccc2ccccc12. The molecule has 8 nitrogen and oxygen atoms in total. The van der Waals surface area contributed by atoms with Crippen molar-refractivity contribution in [2.24, 2.45) is 5.10 Å². The number of hydrazone groups is 1. The van der Waals surface area contributed by atoms with Crippen LogP contribution in [0.1, 0.15) is 5.56 Å². The summed E-state index contributed by atoms with van der Waals surface area (Å²) in [5, 5.41) is 5.53. The summed E-state index contributed by atoms with van der Waals surface area (Å²) >= 11 is 0. The predicted molar refractivity (Wildman–Crippen MR) is 114 cm³/mol. The third-order valence-electron chi connectivity index (χ3n) is 4.52. The topological polar surface area (TPSA) is 97.3 Å². The lowest BCUT2D eigenvalue weighted by molar-refractivity contribution is -0.119. The van der Waals surface area contributed by atoms with Gasteiger partial charge < -0.3 is 9.47 Å². The maximum atomic E-state index is 12.4. The molecule has 0 fully saturated rings. The molecule has 0 atom stereocenters. The third kappa shape index (κ3) is 4.20. The molecule has 154 valence electrons. The van der Waals surface area contributed by atoms with Gasteiger partial charge in [-0.1, -0.05) is 36.4 Å². The summed E-state index contributed by atoms with van der Waals surface area (Å²) in [6, 6.07) is 18.0. The van der Waals surface area contributed by atoms with E-state index in [0.29, 0.717) is 22.7 Å². The normalized spacial score (nSPS) is 13.0. The molecule has 0 radical (unpaired) electrons. The fourth-order valence-electron chi connectivity index (χ4n) is 3.14. The van der Waals surface area contributed by atoms with Crippen molar-refractivity contribution in [3.05, 3.63) is 66.2 Å². The first-order valence-corrected chi connectivity index (χ1v) is 10.9. The molecular weight excluding hydrogens is 406 g/mol. The number of fused-ring (bicyclic) bond motifs is 2. The van der Waals surface area contributed by atoms with Crippen molar-refractivity contribution in [2.45, 2.75) is 0 Å². The average molecular weight is 425 g/mol. The minimum absolute atomic E-state index is 0.169. The molecule has 1 heterocycles. The van der Waals surface area contributed by atoms with Gasteiger partial charge in [-0.2, -0.15) is 5.10 Å². The Kier molecular flexibility index (Phi) is 5.28. The molecule has 0 spiro atoms. The van der Waals surface area contributed by atoms with Crippen molar-refractivity contribution in [1.29, 1.82) is 0 Å². The number of carbonyl (C=O) groups is 1. The van der Waals surface area contributed by atoms with Crippen LogP contribution in [0.15, 0.2) is 65.8 Å². The number of amides is 1. The molecule has 1 aliphatic heterocycles. The van der Waals surface area contributed by atoms with Gasteiger partial charge >= 0.3 is 0 Å². The Hall–Kier alpha value is -3.59. The number of rotatable bonds is 6. The summed E-state index contributed by atoms with van der Waals surface area (Å²) < 4.78 is 36.4. The van der Waals surface area contributed by atoms with E-state index in [9.17, 15) is 13.2 Å². The highest BCUT2D eigenvalue weighted by Crippen LogP contribution is 2.32. The van der Waals surface area contributed by atoms with Crippen molar-refractivity contribution < 1.29 is 22.7 Å². The maximum Gasteiger partial charge on any atom is 0.260 e. The van der Waals surface area contributed by atoms with Gasteiger partial charge in [0.15, 0.2) is 11.5 Å². The van der Waals surface area contributed by atoms with E-state index in [1.807, 2.05) is 30.3 Å². The van der Waals surface area contributed by atoms with E-state index in [2.05, 4.69) is 10.5 Å². The Morgan fingerprint density at radius 3 is 2.70 bits per heavy atom. The standard InChI is InChI=1S/C21H19N3O5S/c1-30(26,27)24(18-8-4-6-16-5-2-3-7-17(16)18)13-21(25)23-22-12-15-9-10-19-20(11-15)29-14-28-19/h2-12H,13-14H2,1H3,(H,23,25)/b22-12-. The average Bonchev–Trinajstić information content (AvgIpc) is 3.19. The molecule has 30 heavy (non-hydrogen) atoms. The molecule has 3 aromatic carbocycles. The number of benzene rings is 3. The van der Waals surface area contributed by atoms with Gasteiger partial charge in [-0.05, 0) is 35.2 Å². The maximum absolute atomic E-state index is 12.4. The van der Waals surface area contributed by atoms with E-state index in [0.717, 1.165) is 21.3 Å². The van der Waals surface area contributed by atoms with Gasteiger partial charge in [0.1, 0.15) is 6.54 Å². The highest BCUT2D eigenvalue weighted by molar-refractivity contribution is 7.92. The third-order valence-corrected chi connectivity index (χ3v) is 5.65. The number of nitrogens with one attached hydrogen (secondary N) is 1.